The molecule has 0 aromatic heterocycles. The monoisotopic (exact) mass is 227 g/mol. The summed E-state index contributed by atoms with van der Waals surface area (Å²) in [5.41, 5.74) is 8.22. The maximum absolute atomic E-state index is 11.0. The van der Waals surface area contributed by atoms with Crippen LogP contribution in [0.5, 0.6) is 0 Å². The van der Waals surface area contributed by atoms with Crippen molar-refractivity contribution in [3.8, 4) is 0 Å². The molecule has 82 valence electrons. The second-order valence-corrected chi connectivity index (χ2v) is 5.25. The molecule has 1 aromatic rings. The van der Waals surface area contributed by atoms with Crippen molar-refractivity contribution in [2.75, 3.05) is 5.73 Å². The van der Waals surface area contributed by atoms with Crippen LogP contribution in [0.1, 0.15) is 24.0 Å². The zero-order valence-electron chi connectivity index (χ0n) is 8.23. The topological polar surface area (TPSA) is 80.4 Å². The fourth-order valence-corrected chi connectivity index (χ4v) is 2.59. The highest BCUT2D eigenvalue weighted by Gasteiger charge is 2.17. The number of hydrogen-bond donors (Lipinski definition) is 2. The van der Waals surface area contributed by atoms with Gasteiger partial charge in [-0.25, -0.2) is 0 Å². The third-order valence-corrected chi connectivity index (χ3v) is 3.60. The summed E-state index contributed by atoms with van der Waals surface area (Å²) in [5, 5.41) is 0. The Labute approximate surface area is 88.9 Å². The standard InChI is InChI=1S/C10H13NO3S/c11-10-6-8(15(12,13)14)5-7-3-1-2-4-9(7)10/h5-6H,1-4,11H2,(H,12,13,14). The molecule has 5 heteroatoms. The van der Waals surface area contributed by atoms with Gasteiger partial charge in [0.25, 0.3) is 10.1 Å². The minimum atomic E-state index is -4.14. The Kier molecular flexibility index (Phi) is 2.44. The molecule has 0 saturated carbocycles. The van der Waals surface area contributed by atoms with E-state index < -0.39 is 10.1 Å². The molecular weight excluding hydrogens is 214 g/mol. The predicted octanol–water partition coefficient (Wildman–Crippen LogP) is 1.39. The first-order chi connectivity index (χ1) is 6.98. The average Bonchev–Trinajstić information content (AvgIpc) is 2.16. The Morgan fingerprint density at radius 1 is 1.20 bits per heavy atom. The molecule has 0 saturated heterocycles. The lowest BCUT2D eigenvalue weighted by Crippen LogP contribution is -2.09. The third kappa shape index (κ3) is 1.98. The minimum Gasteiger partial charge on any atom is -0.398 e. The molecule has 0 radical (unpaired) electrons. The van der Waals surface area contributed by atoms with Gasteiger partial charge < -0.3 is 5.73 Å². The van der Waals surface area contributed by atoms with Crippen LogP contribution < -0.4 is 5.73 Å². The van der Waals surface area contributed by atoms with Gasteiger partial charge in [0.05, 0.1) is 4.90 Å². The van der Waals surface area contributed by atoms with E-state index in [4.69, 9.17) is 10.3 Å². The zero-order valence-corrected chi connectivity index (χ0v) is 9.05. The van der Waals surface area contributed by atoms with E-state index in [9.17, 15) is 8.42 Å². The molecule has 15 heavy (non-hydrogen) atoms. The van der Waals surface area contributed by atoms with Crippen LogP contribution >= 0.6 is 0 Å². The summed E-state index contributed by atoms with van der Waals surface area (Å²) < 4.78 is 30.9. The molecule has 1 aromatic carbocycles. The van der Waals surface area contributed by atoms with Crippen LogP contribution in [-0.2, 0) is 23.0 Å². The van der Waals surface area contributed by atoms with Gasteiger partial charge in [-0.1, -0.05) is 0 Å². The van der Waals surface area contributed by atoms with Gasteiger partial charge in [-0.05, 0) is 48.9 Å². The molecule has 0 amide bonds. The van der Waals surface area contributed by atoms with Crippen molar-refractivity contribution in [3.63, 3.8) is 0 Å². The summed E-state index contributed by atoms with van der Waals surface area (Å²) in [5.74, 6) is 0. The molecule has 3 N–H and O–H groups in total. The Hall–Kier alpha value is -1.07. The first-order valence-electron chi connectivity index (χ1n) is 4.87. The Morgan fingerprint density at radius 3 is 2.53 bits per heavy atom. The van der Waals surface area contributed by atoms with Crippen LogP contribution in [0.15, 0.2) is 17.0 Å². The summed E-state index contributed by atoms with van der Waals surface area (Å²) in [6.45, 7) is 0. The molecule has 0 aliphatic heterocycles. The second-order valence-electron chi connectivity index (χ2n) is 3.83. The quantitative estimate of drug-likeness (QED) is 0.561. The number of nitrogens with two attached hydrogens (primary N) is 1. The first kappa shape index (κ1) is 10.4. The number of nitrogen functional groups attached to an aromatic ring is 1. The summed E-state index contributed by atoms with van der Waals surface area (Å²) in [6, 6.07) is 2.86. The second kappa shape index (κ2) is 3.50. The third-order valence-electron chi connectivity index (χ3n) is 2.77. The molecule has 0 fully saturated rings. The van der Waals surface area contributed by atoms with Gasteiger partial charge in [0.2, 0.25) is 0 Å². The number of anilines is 1. The van der Waals surface area contributed by atoms with E-state index in [1.807, 2.05) is 0 Å². The maximum Gasteiger partial charge on any atom is 0.294 e. The number of benzene rings is 1. The normalized spacial score (nSPS) is 16.1. The highest BCUT2D eigenvalue weighted by atomic mass is 32.2. The Balaban J connectivity index is 2.60. The molecule has 0 heterocycles. The summed E-state index contributed by atoms with van der Waals surface area (Å²) >= 11 is 0. The lowest BCUT2D eigenvalue weighted by atomic mass is 9.91. The molecule has 2 rings (SSSR count). The van der Waals surface area contributed by atoms with Gasteiger partial charge in [-0.3, -0.25) is 4.55 Å². The predicted molar refractivity (Wildman–Crippen MR) is 57.3 cm³/mol. The SMILES string of the molecule is Nc1cc(S(=O)(=O)O)cc2c1CCCC2. The number of hydrogen-bond acceptors (Lipinski definition) is 3. The van der Waals surface area contributed by atoms with Gasteiger partial charge in [0, 0.05) is 5.69 Å². The lowest BCUT2D eigenvalue weighted by Gasteiger charge is -2.18. The van der Waals surface area contributed by atoms with E-state index in [1.54, 1.807) is 0 Å². The van der Waals surface area contributed by atoms with Crippen molar-refractivity contribution in [1.82, 2.24) is 0 Å². The molecule has 0 spiro atoms. The van der Waals surface area contributed by atoms with Crippen LogP contribution in [0.25, 0.3) is 0 Å². The summed E-state index contributed by atoms with van der Waals surface area (Å²) in [4.78, 5) is -0.0966. The Bertz CT molecular complexity index is 494. The van der Waals surface area contributed by atoms with Gasteiger partial charge in [-0.15, -0.1) is 0 Å². The fraction of sp³-hybridized carbons (Fsp3) is 0.400. The molecule has 0 bridgehead atoms. The fourth-order valence-electron chi connectivity index (χ4n) is 2.02. The smallest absolute Gasteiger partial charge is 0.294 e. The van der Waals surface area contributed by atoms with E-state index in [2.05, 4.69) is 0 Å². The van der Waals surface area contributed by atoms with Crippen LogP contribution in [0.3, 0.4) is 0 Å². The number of rotatable bonds is 1. The largest absolute Gasteiger partial charge is 0.398 e. The van der Waals surface area contributed by atoms with Crippen molar-refractivity contribution in [1.29, 1.82) is 0 Å². The van der Waals surface area contributed by atoms with Crippen molar-refractivity contribution < 1.29 is 13.0 Å². The number of fused-ring (bicyclic) bond motifs is 1. The van der Waals surface area contributed by atoms with E-state index >= 15 is 0 Å². The molecular formula is C10H13NO3S. The van der Waals surface area contributed by atoms with E-state index in [1.165, 1.54) is 12.1 Å². The van der Waals surface area contributed by atoms with E-state index in [0.29, 0.717) is 5.69 Å². The van der Waals surface area contributed by atoms with Crippen molar-refractivity contribution in [2.24, 2.45) is 0 Å². The molecule has 0 unspecified atom stereocenters. The van der Waals surface area contributed by atoms with Gasteiger partial charge in [-0.2, -0.15) is 8.42 Å². The molecule has 0 atom stereocenters. The molecule has 1 aliphatic rings. The van der Waals surface area contributed by atoms with E-state index in [-0.39, 0.29) is 4.90 Å². The van der Waals surface area contributed by atoms with Gasteiger partial charge >= 0.3 is 0 Å². The van der Waals surface area contributed by atoms with Crippen LogP contribution in [0.4, 0.5) is 5.69 Å². The van der Waals surface area contributed by atoms with Crippen LogP contribution in [0, 0.1) is 0 Å². The highest BCUT2D eigenvalue weighted by molar-refractivity contribution is 7.85. The van der Waals surface area contributed by atoms with Gasteiger partial charge in [0.15, 0.2) is 0 Å². The van der Waals surface area contributed by atoms with Crippen molar-refractivity contribution in [2.45, 2.75) is 30.6 Å². The summed E-state index contributed by atoms with van der Waals surface area (Å²) in [6.07, 6.45) is 3.86. The Morgan fingerprint density at radius 2 is 1.87 bits per heavy atom. The lowest BCUT2D eigenvalue weighted by molar-refractivity contribution is 0.483. The average molecular weight is 227 g/mol. The highest BCUT2D eigenvalue weighted by Crippen LogP contribution is 2.29. The molecule has 1 aliphatic carbocycles. The minimum absolute atomic E-state index is 0.0966. The maximum atomic E-state index is 11.0. The van der Waals surface area contributed by atoms with Crippen molar-refractivity contribution >= 4 is 15.8 Å². The van der Waals surface area contributed by atoms with E-state index in [0.717, 1.165) is 36.8 Å². The van der Waals surface area contributed by atoms with Crippen LogP contribution in [0.2, 0.25) is 0 Å². The summed E-state index contributed by atoms with van der Waals surface area (Å²) in [7, 11) is -4.14. The van der Waals surface area contributed by atoms with Crippen LogP contribution in [-0.4, -0.2) is 13.0 Å². The first-order valence-corrected chi connectivity index (χ1v) is 6.31. The number of aryl methyl sites for hydroxylation is 1. The van der Waals surface area contributed by atoms with Gasteiger partial charge in [0.1, 0.15) is 0 Å². The van der Waals surface area contributed by atoms with Crippen molar-refractivity contribution in [3.05, 3.63) is 23.3 Å². The molecule has 4 nitrogen and oxygen atoms in total. The zero-order chi connectivity index (χ0) is 11.1.